The number of carbonyl (C=O) groups excluding carboxylic acids is 2. The predicted octanol–water partition coefficient (Wildman–Crippen LogP) is 4.31. The van der Waals surface area contributed by atoms with E-state index in [2.05, 4.69) is 5.32 Å². The molecule has 0 spiro atoms. The Labute approximate surface area is 165 Å². The van der Waals surface area contributed by atoms with Crippen molar-refractivity contribution in [3.63, 3.8) is 0 Å². The van der Waals surface area contributed by atoms with E-state index in [9.17, 15) is 9.59 Å². The Balaban J connectivity index is 1.72. The van der Waals surface area contributed by atoms with E-state index in [1.165, 1.54) is 0 Å². The number of benzene rings is 2. The zero-order valence-electron chi connectivity index (χ0n) is 16.5. The Bertz CT molecular complexity index is 848. The largest absolute Gasteiger partial charge is 0.486 e. The van der Waals surface area contributed by atoms with E-state index < -0.39 is 0 Å². The fourth-order valence-corrected chi connectivity index (χ4v) is 3.14. The van der Waals surface area contributed by atoms with Crippen LogP contribution in [0.5, 0.6) is 5.75 Å². The van der Waals surface area contributed by atoms with E-state index in [4.69, 9.17) is 9.47 Å². The Morgan fingerprint density at radius 1 is 1.18 bits per heavy atom. The van der Waals surface area contributed by atoms with Crippen LogP contribution in [-0.2, 0) is 16.0 Å². The Hall–Kier alpha value is -3.02. The molecule has 0 unspecified atom stereocenters. The second-order valence-corrected chi connectivity index (χ2v) is 6.84. The number of hydrogen-bond donors (Lipinski definition) is 1. The molecule has 2 aromatic rings. The number of rotatable bonds is 5. The predicted molar refractivity (Wildman–Crippen MR) is 109 cm³/mol. The summed E-state index contributed by atoms with van der Waals surface area (Å²) in [6.45, 7) is 6.68. The second kappa shape index (κ2) is 8.78. The van der Waals surface area contributed by atoms with Crippen LogP contribution in [0, 0.1) is 6.92 Å². The first-order valence-electron chi connectivity index (χ1n) is 9.60. The molecule has 6 heteroatoms. The van der Waals surface area contributed by atoms with Gasteiger partial charge in [0, 0.05) is 5.69 Å². The minimum atomic E-state index is -0.259. The summed E-state index contributed by atoms with van der Waals surface area (Å²) in [5, 5.41) is 2.94. The number of nitrogens with zero attached hydrogens (tertiary/aromatic N) is 1. The molecule has 0 aliphatic carbocycles. The maximum atomic E-state index is 12.9. The molecule has 6 nitrogen and oxygen atoms in total. The third kappa shape index (κ3) is 4.63. The number of amides is 2. The number of aryl methyl sites for hydroxylation is 1. The molecule has 2 amide bonds. The Morgan fingerprint density at radius 2 is 1.93 bits per heavy atom. The third-order valence-corrected chi connectivity index (χ3v) is 4.64. The van der Waals surface area contributed by atoms with Gasteiger partial charge >= 0.3 is 12.0 Å². The van der Waals surface area contributed by atoms with E-state index in [-0.39, 0.29) is 24.5 Å². The zero-order chi connectivity index (χ0) is 20.1. The molecular weight excluding hydrogens is 356 g/mol. The Kier molecular flexibility index (Phi) is 6.19. The highest BCUT2D eigenvalue weighted by molar-refractivity contribution is 6.03. The summed E-state index contributed by atoms with van der Waals surface area (Å²) in [6, 6.07) is 12.9. The lowest BCUT2D eigenvalue weighted by molar-refractivity contribution is -0.142. The third-order valence-electron chi connectivity index (χ3n) is 4.64. The molecule has 1 aliphatic rings. The monoisotopic (exact) mass is 382 g/mol. The van der Waals surface area contributed by atoms with Crippen molar-refractivity contribution in [2.45, 2.75) is 39.7 Å². The van der Waals surface area contributed by atoms with Crippen LogP contribution in [0.2, 0.25) is 0 Å². The SMILES string of the molecule is CCOC(=O)Cc1ccc(NC(=O)N2C[C@@H](CC)Oc3ccc(C)cc32)cc1. The smallest absolute Gasteiger partial charge is 0.326 e. The van der Waals surface area contributed by atoms with Crippen LogP contribution in [0.25, 0.3) is 0 Å². The van der Waals surface area contributed by atoms with Gasteiger partial charge in [-0.1, -0.05) is 25.1 Å². The number of esters is 1. The zero-order valence-corrected chi connectivity index (χ0v) is 16.5. The van der Waals surface area contributed by atoms with Gasteiger partial charge in [-0.25, -0.2) is 4.79 Å². The molecule has 1 heterocycles. The van der Waals surface area contributed by atoms with Crippen LogP contribution >= 0.6 is 0 Å². The van der Waals surface area contributed by atoms with E-state index >= 15 is 0 Å². The number of hydrogen-bond acceptors (Lipinski definition) is 4. The summed E-state index contributed by atoms with van der Waals surface area (Å²) < 4.78 is 10.9. The first-order valence-corrected chi connectivity index (χ1v) is 9.60. The number of anilines is 2. The lowest BCUT2D eigenvalue weighted by Crippen LogP contribution is -2.45. The molecule has 1 atom stereocenters. The van der Waals surface area contributed by atoms with Gasteiger partial charge in [0.05, 0.1) is 25.3 Å². The summed E-state index contributed by atoms with van der Waals surface area (Å²) >= 11 is 0. The molecule has 0 saturated heterocycles. The molecule has 3 rings (SSSR count). The average Bonchev–Trinajstić information content (AvgIpc) is 2.68. The van der Waals surface area contributed by atoms with Crippen LogP contribution in [0.4, 0.5) is 16.2 Å². The molecule has 28 heavy (non-hydrogen) atoms. The Morgan fingerprint density at radius 3 is 2.61 bits per heavy atom. The van der Waals surface area contributed by atoms with Crippen molar-refractivity contribution in [2.75, 3.05) is 23.4 Å². The molecule has 2 aromatic carbocycles. The highest BCUT2D eigenvalue weighted by Gasteiger charge is 2.29. The van der Waals surface area contributed by atoms with Gasteiger partial charge in [-0.3, -0.25) is 9.69 Å². The van der Waals surface area contributed by atoms with Crippen LogP contribution < -0.4 is 15.0 Å². The number of urea groups is 1. The minimum absolute atomic E-state index is 0.0343. The van der Waals surface area contributed by atoms with E-state index in [0.29, 0.717) is 18.8 Å². The highest BCUT2D eigenvalue weighted by Crippen LogP contribution is 2.35. The van der Waals surface area contributed by atoms with Gasteiger partial charge in [0.1, 0.15) is 11.9 Å². The minimum Gasteiger partial charge on any atom is -0.486 e. The van der Waals surface area contributed by atoms with Crippen molar-refractivity contribution in [1.29, 1.82) is 0 Å². The molecule has 1 N–H and O–H groups in total. The topological polar surface area (TPSA) is 67.9 Å². The standard InChI is InChI=1S/C22H26N2O4/c1-4-18-14-24(19-12-15(3)6-11-20(19)28-18)22(26)23-17-9-7-16(8-10-17)13-21(25)27-5-2/h6-12,18H,4-5,13-14H2,1-3H3,(H,23,26)/t18-/m1/s1. The van der Waals surface area contributed by atoms with Crippen molar-refractivity contribution >= 4 is 23.4 Å². The maximum Gasteiger partial charge on any atom is 0.326 e. The fraction of sp³-hybridized carbons (Fsp3) is 0.364. The summed E-state index contributed by atoms with van der Waals surface area (Å²) in [6.07, 6.45) is 1.00. The number of ether oxygens (including phenoxy) is 2. The number of carbonyl (C=O) groups is 2. The molecule has 0 saturated carbocycles. The molecule has 148 valence electrons. The highest BCUT2D eigenvalue weighted by atomic mass is 16.5. The van der Waals surface area contributed by atoms with E-state index in [1.807, 2.05) is 44.2 Å². The molecule has 0 fully saturated rings. The van der Waals surface area contributed by atoms with Gasteiger partial charge in [-0.15, -0.1) is 0 Å². The van der Waals surface area contributed by atoms with Gasteiger partial charge in [0.2, 0.25) is 0 Å². The van der Waals surface area contributed by atoms with Gasteiger partial charge in [-0.05, 0) is 55.7 Å². The molecule has 1 aliphatic heterocycles. The first-order chi connectivity index (χ1) is 13.5. The van der Waals surface area contributed by atoms with Crippen molar-refractivity contribution in [2.24, 2.45) is 0 Å². The molecule has 0 aromatic heterocycles. The maximum absolute atomic E-state index is 12.9. The second-order valence-electron chi connectivity index (χ2n) is 6.84. The normalized spacial score (nSPS) is 15.4. The van der Waals surface area contributed by atoms with Crippen molar-refractivity contribution in [3.8, 4) is 5.75 Å². The summed E-state index contributed by atoms with van der Waals surface area (Å²) in [5.41, 5.74) is 3.36. The molecule has 0 bridgehead atoms. The number of nitrogens with one attached hydrogen (secondary N) is 1. The van der Waals surface area contributed by atoms with Gasteiger partial charge in [0.25, 0.3) is 0 Å². The first kappa shape index (κ1) is 19.7. The van der Waals surface area contributed by atoms with Crippen LogP contribution in [0.1, 0.15) is 31.4 Å². The van der Waals surface area contributed by atoms with Crippen molar-refractivity contribution < 1.29 is 19.1 Å². The van der Waals surface area contributed by atoms with E-state index in [1.54, 1.807) is 24.0 Å². The van der Waals surface area contributed by atoms with Gasteiger partial charge in [-0.2, -0.15) is 0 Å². The summed E-state index contributed by atoms with van der Waals surface area (Å²) in [7, 11) is 0. The summed E-state index contributed by atoms with van der Waals surface area (Å²) in [4.78, 5) is 26.2. The average molecular weight is 382 g/mol. The van der Waals surface area contributed by atoms with Crippen molar-refractivity contribution in [1.82, 2.24) is 0 Å². The lowest BCUT2D eigenvalue weighted by Gasteiger charge is -2.34. The van der Waals surface area contributed by atoms with Crippen LogP contribution in [0.3, 0.4) is 0 Å². The number of fused-ring (bicyclic) bond motifs is 1. The van der Waals surface area contributed by atoms with Crippen molar-refractivity contribution in [3.05, 3.63) is 53.6 Å². The van der Waals surface area contributed by atoms with Crippen LogP contribution in [0.15, 0.2) is 42.5 Å². The van der Waals surface area contributed by atoms with Crippen LogP contribution in [-0.4, -0.2) is 31.3 Å². The van der Waals surface area contributed by atoms with Gasteiger partial charge in [0.15, 0.2) is 0 Å². The van der Waals surface area contributed by atoms with E-state index in [0.717, 1.165) is 29.0 Å². The molecule has 0 radical (unpaired) electrons. The fourth-order valence-electron chi connectivity index (χ4n) is 3.14. The van der Waals surface area contributed by atoms with Gasteiger partial charge < -0.3 is 14.8 Å². The quantitative estimate of drug-likeness (QED) is 0.783. The lowest BCUT2D eigenvalue weighted by atomic mass is 10.1. The summed E-state index contributed by atoms with van der Waals surface area (Å²) in [5.74, 6) is 0.467. The molecular formula is C22H26N2O4.